The third-order valence-electron chi connectivity index (χ3n) is 1.47. The molecule has 1 nitrogen and oxygen atoms in total. The van der Waals surface area contributed by atoms with Crippen molar-refractivity contribution >= 4 is 23.2 Å². The van der Waals surface area contributed by atoms with E-state index in [-0.39, 0.29) is 6.61 Å². The standard InChI is InChI=1S/C9H9Cl2FO/c10-8-2-1-7(5-9(8)11)6-13-4-3-12/h1-2,5H,3-4,6H2. The highest BCUT2D eigenvalue weighted by atomic mass is 35.5. The van der Waals surface area contributed by atoms with E-state index in [2.05, 4.69) is 0 Å². The van der Waals surface area contributed by atoms with Crippen LogP contribution in [0.5, 0.6) is 0 Å². The lowest BCUT2D eigenvalue weighted by Gasteiger charge is -2.03. The lowest BCUT2D eigenvalue weighted by atomic mass is 10.2. The van der Waals surface area contributed by atoms with Crippen LogP contribution in [0.1, 0.15) is 5.56 Å². The maximum atomic E-state index is 11.7. The molecule has 72 valence electrons. The SMILES string of the molecule is FCCOCc1ccc(Cl)c(Cl)c1. The van der Waals surface area contributed by atoms with E-state index in [1.807, 2.05) is 0 Å². The van der Waals surface area contributed by atoms with Gasteiger partial charge in [0.1, 0.15) is 6.67 Å². The highest BCUT2D eigenvalue weighted by Gasteiger charge is 1.99. The molecule has 0 fully saturated rings. The molecule has 0 bridgehead atoms. The van der Waals surface area contributed by atoms with Crippen LogP contribution in [-0.4, -0.2) is 13.3 Å². The van der Waals surface area contributed by atoms with Gasteiger partial charge in [-0.05, 0) is 17.7 Å². The minimum atomic E-state index is -0.471. The van der Waals surface area contributed by atoms with Crippen LogP contribution in [0.4, 0.5) is 4.39 Å². The van der Waals surface area contributed by atoms with Gasteiger partial charge in [0.25, 0.3) is 0 Å². The molecule has 4 heteroatoms. The van der Waals surface area contributed by atoms with Gasteiger partial charge in [0.2, 0.25) is 0 Å². The summed E-state index contributed by atoms with van der Waals surface area (Å²) in [6.07, 6.45) is 0. The maximum absolute atomic E-state index is 11.7. The van der Waals surface area contributed by atoms with Gasteiger partial charge in [-0.3, -0.25) is 0 Å². The molecular formula is C9H9Cl2FO. The first kappa shape index (κ1) is 10.8. The molecular weight excluding hydrogens is 214 g/mol. The van der Waals surface area contributed by atoms with Gasteiger partial charge in [0.15, 0.2) is 0 Å². The van der Waals surface area contributed by atoms with Gasteiger partial charge in [-0.1, -0.05) is 29.3 Å². The van der Waals surface area contributed by atoms with Crippen LogP contribution in [0.25, 0.3) is 0 Å². The molecule has 13 heavy (non-hydrogen) atoms. The highest BCUT2D eigenvalue weighted by Crippen LogP contribution is 2.22. The normalized spacial score (nSPS) is 10.4. The van der Waals surface area contributed by atoms with Crippen molar-refractivity contribution in [3.8, 4) is 0 Å². The Morgan fingerprint density at radius 1 is 1.23 bits per heavy atom. The average Bonchev–Trinajstić information content (AvgIpc) is 2.12. The number of halogens is 3. The Bertz CT molecular complexity index is 278. The van der Waals surface area contributed by atoms with E-state index < -0.39 is 6.67 Å². The second-order valence-corrected chi connectivity index (χ2v) is 3.30. The Morgan fingerprint density at radius 3 is 2.62 bits per heavy atom. The number of ether oxygens (including phenoxy) is 1. The summed E-state index contributed by atoms with van der Waals surface area (Å²) in [5, 5.41) is 0.999. The van der Waals surface area contributed by atoms with Gasteiger partial charge >= 0.3 is 0 Å². The van der Waals surface area contributed by atoms with E-state index in [1.54, 1.807) is 18.2 Å². The molecule has 0 heterocycles. The van der Waals surface area contributed by atoms with Gasteiger partial charge < -0.3 is 4.74 Å². The predicted octanol–water partition coefficient (Wildman–Crippen LogP) is 3.48. The molecule has 0 amide bonds. The third-order valence-corrected chi connectivity index (χ3v) is 2.21. The zero-order valence-corrected chi connectivity index (χ0v) is 8.41. The monoisotopic (exact) mass is 222 g/mol. The molecule has 0 saturated carbocycles. The molecule has 0 aliphatic rings. The van der Waals surface area contributed by atoms with Gasteiger partial charge in [0.05, 0.1) is 23.3 Å². The Labute approximate surface area is 86.4 Å². The summed E-state index contributed by atoms with van der Waals surface area (Å²) in [6, 6.07) is 5.20. The molecule has 0 spiro atoms. The molecule has 0 saturated heterocycles. The molecule has 0 aliphatic carbocycles. The van der Waals surface area contributed by atoms with Crippen molar-refractivity contribution in [2.24, 2.45) is 0 Å². The summed E-state index contributed by atoms with van der Waals surface area (Å²) in [4.78, 5) is 0. The van der Waals surface area contributed by atoms with Crippen LogP contribution >= 0.6 is 23.2 Å². The van der Waals surface area contributed by atoms with E-state index >= 15 is 0 Å². The summed E-state index contributed by atoms with van der Waals surface area (Å²) in [5.74, 6) is 0. The fourth-order valence-corrected chi connectivity index (χ4v) is 1.19. The second-order valence-electron chi connectivity index (χ2n) is 2.49. The lowest BCUT2D eigenvalue weighted by molar-refractivity contribution is 0.106. The van der Waals surface area contributed by atoms with E-state index in [0.717, 1.165) is 5.56 Å². The van der Waals surface area contributed by atoms with Crippen molar-refractivity contribution in [1.82, 2.24) is 0 Å². The van der Waals surface area contributed by atoms with Crippen LogP contribution in [0.2, 0.25) is 10.0 Å². The van der Waals surface area contributed by atoms with Crippen molar-refractivity contribution < 1.29 is 9.13 Å². The summed E-state index contributed by atoms with van der Waals surface area (Å²) in [5.41, 5.74) is 0.892. The van der Waals surface area contributed by atoms with Gasteiger partial charge in [-0.2, -0.15) is 0 Å². The second kappa shape index (κ2) is 5.43. The molecule has 0 N–H and O–H groups in total. The minimum absolute atomic E-state index is 0.111. The Balaban J connectivity index is 2.53. The average molecular weight is 223 g/mol. The van der Waals surface area contributed by atoms with Gasteiger partial charge in [0, 0.05) is 0 Å². The Hall–Kier alpha value is -0.310. The summed E-state index contributed by atoms with van der Waals surface area (Å²) < 4.78 is 16.7. The first-order valence-corrected chi connectivity index (χ1v) is 4.57. The molecule has 1 rings (SSSR count). The number of rotatable bonds is 4. The van der Waals surface area contributed by atoms with Crippen molar-refractivity contribution in [1.29, 1.82) is 0 Å². The van der Waals surface area contributed by atoms with E-state index in [4.69, 9.17) is 27.9 Å². The summed E-state index contributed by atoms with van der Waals surface area (Å²) in [7, 11) is 0. The number of benzene rings is 1. The zero-order chi connectivity index (χ0) is 9.68. The van der Waals surface area contributed by atoms with E-state index in [1.165, 1.54) is 0 Å². The van der Waals surface area contributed by atoms with Crippen LogP contribution in [0, 0.1) is 0 Å². The fraction of sp³-hybridized carbons (Fsp3) is 0.333. The van der Waals surface area contributed by atoms with Crippen LogP contribution in [0.15, 0.2) is 18.2 Å². The van der Waals surface area contributed by atoms with Crippen molar-refractivity contribution in [3.63, 3.8) is 0 Å². The number of hydrogen-bond acceptors (Lipinski definition) is 1. The minimum Gasteiger partial charge on any atom is -0.374 e. The molecule has 1 aromatic rings. The van der Waals surface area contributed by atoms with Crippen molar-refractivity contribution in [2.75, 3.05) is 13.3 Å². The molecule has 0 aliphatic heterocycles. The molecule has 1 aromatic carbocycles. The summed E-state index contributed by atoms with van der Waals surface area (Å²) in [6.45, 7) is 0.00236. The van der Waals surface area contributed by atoms with Gasteiger partial charge in [-0.25, -0.2) is 4.39 Å². The largest absolute Gasteiger partial charge is 0.374 e. The molecule has 0 aromatic heterocycles. The van der Waals surface area contributed by atoms with Crippen molar-refractivity contribution in [2.45, 2.75) is 6.61 Å². The fourth-order valence-electron chi connectivity index (χ4n) is 0.874. The molecule has 0 atom stereocenters. The Kier molecular flexibility index (Phi) is 4.50. The first-order valence-electron chi connectivity index (χ1n) is 3.81. The van der Waals surface area contributed by atoms with E-state index in [0.29, 0.717) is 16.7 Å². The quantitative estimate of drug-likeness (QED) is 0.710. The predicted molar refractivity (Wildman–Crippen MR) is 52.1 cm³/mol. The first-order chi connectivity index (χ1) is 6.24. The smallest absolute Gasteiger partial charge is 0.113 e. The van der Waals surface area contributed by atoms with Crippen LogP contribution in [0.3, 0.4) is 0 Å². The molecule has 0 unspecified atom stereocenters. The van der Waals surface area contributed by atoms with Crippen LogP contribution in [-0.2, 0) is 11.3 Å². The molecule has 0 radical (unpaired) electrons. The highest BCUT2D eigenvalue weighted by molar-refractivity contribution is 6.41. The number of hydrogen-bond donors (Lipinski definition) is 0. The third kappa shape index (κ3) is 3.51. The number of alkyl halides is 1. The van der Waals surface area contributed by atoms with Crippen molar-refractivity contribution in [3.05, 3.63) is 33.8 Å². The maximum Gasteiger partial charge on any atom is 0.113 e. The van der Waals surface area contributed by atoms with Gasteiger partial charge in [-0.15, -0.1) is 0 Å². The lowest BCUT2D eigenvalue weighted by Crippen LogP contribution is -1.96. The summed E-state index contributed by atoms with van der Waals surface area (Å²) >= 11 is 11.5. The topological polar surface area (TPSA) is 9.23 Å². The Morgan fingerprint density at radius 2 is 2.00 bits per heavy atom. The van der Waals surface area contributed by atoms with E-state index in [9.17, 15) is 4.39 Å². The van der Waals surface area contributed by atoms with Crippen LogP contribution < -0.4 is 0 Å². The zero-order valence-electron chi connectivity index (χ0n) is 6.90.